The summed E-state index contributed by atoms with van der Waals surface area (Å²) >= 11 is 4.08. The number of hydrogen-bond donors (Lipinski definition) is 1. The van der Waals surface area contributed by atoms with E-state index in [9.17, 15) is 0 Å². The maximum atomic E-state index is 4.69. The van der Waals surface area contributed by atoms with Crippen LogP contribution in [0, 0.1) is 3.57 Å². The molecule has 1 heterocycles. The Morgan fingerprint density at radius 3 is 2.79 bits per heavy atom. The van der Waals surface area contributed by atoms with Gasteiger partial charge in [0.05, 0.1) is 16.3 Å². The molecule has 0 saturated heterocycles. The van der Waals surface area contributed by atoms with Gasteiger partial charge < -0.3 is 5.32 Å². The van der Waals surface area contributed by atoms with Crippen LogP contribution < -0.4 is 5.32 Å². The van der Waals surface area contributed by atoms with Gasteiger partial charge in [-0.25, -0.2) is 4.98 Å². The lowest BCUT2D eigenvalue weighted by atomic mass is 10.3. The lowest BCUT2D eigenvalue weighted by Crippen LogP contribution is -2.06. The van der Waals surface area contributed by atoms with E-state index in [4.69, 9.17) is 0 Å². The molecular formula is C15H13IN2S. The second-order valence-corrected chi connectivity index (χ2v) is 6.70. The van der Waals surface area contributed by atoms with Gasteiger partial charge in [-0.1, -0.05) is 18.2 Å². The topological polar surface area (TPSA) is 24.9 Å². The quantitative estimate of drug-likeness (QED) is 0.642. The number of halogens is 1. The lowest BCUT2D eigenvalue weighted by molar-refractivity contribution is 0.874. The Balaban J connectivity index is 1.85. The van der Waals surface area contributed by atoms with Gasteiger partial charge in [0.25, 0.3) is 0 Å². The molecule has 0 spiro atoms. The summed E-state index contributed by atoms with van der Waals surface area (Å²) in [6.45, 7) is 2.15. The van der Waals surface area contributed by atoms with Crippen molar-refractivity contribution >= 4 is 49.8 Å². The molecule has 1 unspecified atom stereocenters. The van der Waals surface area contributed by atoms with E-state index in [1.54, 1.807) is 11.3 Å². The van der Waals surface area contributed by atoms with Gasteiger partial charge in [-0.3, -0.25) is 0 Å². The number of thiazole rings is 1. The number of para-hydroxylation sites is 1. The van der Waals surface area contributed by atoms with Crippen LogP contribution >= 0.6 is 33.9 Å². The molecule has 2 aromatic carbocycles. The van der Waals surface area contributed by atoms with Crippen LogP contribution in [0.15, 0.2) is 48.5 Å². The van der Waals surface area contributed by atoms with Crippen LogP contribution in [0.1, 0.15) is 18.0 Å². The molecule has 3 aromatic rings. The molecule has 0 amide bonds. The fourth-order valence-electron chi connectivity index (χ4n) is 1.97. The fourth-order valence-corrected chi connectivity index (χ4v) is 3.48. The second kappa shape index (κ2) is 5.46. The van der Waals surface area contributed by atoms with E-state index in [-0.39, 0.29) is 6.04 Å². The van der Waals surface area contributed by atoms with Crippen molar-refractivity contribution in [1.29, 1.82) is 0 Å². The molecule has 96 valence electrons. The van der Waals surface area contributed by atoms with E-state index >= 15 is 0 Å². The highest BCUT2D eigenvalue weighted by molar-refractivity contribution is 14.1. The third-order valence-electron chi connectivity index (χ3n) is 2.89. The van der Waals surface area contributed by atoms with Gasteiger partial charge >= 0.3 is 0 Å². The summed E-state index contributed by atoms with van der Waals surface area (Å²) in [4.78, 5) is 4.69. The molecule has 4 heteroatoms. The number of aromatic nitrogens is 1. The standard InChI is InChI=1S/C15H13IN2S/c1-10(17-12-6-4-5-11(16)9-12)15-18-13-7-2-3-8-14(13)19-15/h2-10,17H,1H3. The van der Waals surface area contributed by atoms with Crippen LogP contribution in [0.25, 0.3) is 10.2 Å². The van der Waals surface area contributed by atoms with E-state index in [1.807, 2.05) is 6.07 Å². The maximum Gasteiger partial charge on any atom is 0.116 e. The molecule has 0 fully saturated rings. The molecule has 0 aliphatic carbocycles. The highest BCUT2D eigenvalue weighted by Crippen LogP contribution is 2.28. The SMILES string of the molecule is CC(Nc1cccc(I)c1)c1nc2ccccc2s1. The Morgan fingerprint density at radius 1 is 1.16 bits per heavy atom. The minimum atomic E-state index is 0.218. The Hall–Kier alpha value is -1.14. The number of nitrogens with one attached hydrogen (secondary N) is 1. The molecule has 1 N–H and O–H groups in total. The van der Waals surface area contributed by atoms with Crippen LogP contribution in [0.4, 0.5) is 5.69 Å². The molecule has 0 aliphatic heterocycles. The summed E-state index contributed by atoms with van der Waals surface area (Å²) < 4.78 is 2.48. The number of rotatable bonds is 3. The van der Waals surface area contributed by atoms with Crippen LogP contribution in [0.3, 0.4) is 0 Å². The zero-order chi connectivity index (χ0) is 13.2. The Labute approximate surface area is 130 Å². The third kappa shape index (κ3) is 2.90. The molecule has 1 aromatic heterocycles. The van der Waals surface area contributed by atoms with Gasteiger partial charge in [-0.05, 0) is 59.8 Å². The van der Waals surface area contributed by atoms with Crippen molar-refractivity contribution < 1.29 is 0 Å². The predicted octanol–water partition coefficient (Wildman–Crippen LogP) is 5.07. The average Bonchev–Trinajstić information content (AvgIpc) is 2.82. The molecule has 3 rings (SSSR count). The molecule has 0 saturated carbocycles. The van der Waals surface area contributed by atoms with Crippen LogP contribution in [0.2, 0.25) is 0 Å². The van der Waals surface area contributed by atoms with Crippen molar-refractivity contribution in [1.82, 2.24) is 4.98 Å². The average molecular weight is 380 g/mol. The number of fused-ring (bicyclic) bond motifs is 1. The van der Waals surface area contributed by atoms with Crippen molar-refractivity contribution in [3.63, 3.8) is 0 Å². The van der Waals surface area contributed by atoms with E-state index in [0.717, 1.165) is 16.2 Å². The first-order valence-corrected chi connectivity index (χ1v) is 7.99. The summed E-state index contributed by atoms with van der Waals surface area (Å²) in [7, 11) is 0. The number of anilines is 1. The zero-order valence-corrected chi connectivity index (χ0v) is 13.4. The minimum Gasteiger partial charge on any atom is -0.376 e. The van der Waals surface area contributed by atoms with Gasteiger partial charge in [0.1, 0.15) is 5.01 Å². The largest absolute Gasteiger partial charge is 0.376 e. The van der Waals surface area contributed by atoms with Gasteiger partial charge in [-0.2, -0.15) is 0 Å². The van der Waals surface area contributed by atoms with Gasteiger partial charge in [0.2, 0.25) is 0 Å². The Bertz CT molecular complexity index is 675. The molecule has 2 nitrogen and oxygen atoms in total. The van der Waals surface area contributed by atoms with Gasteiger partial charge in [0.15, 0.2) is 0 Å². The smallest absolute Gasteiger partial charge is 0.116 e. The third-order valence-corrected chi connectivity index (χ3v) is 4.78. The van der Waals surface area contributed by atoms with E-state index in [2.05, 4.69) is 82.3 Å². The van der Waals surface area contributed by atoms with Crippen LogP contribution in [-0.4, -0.2) is 4.98 Å². The monoisotopic (exact) mass is 380 g/mol. The van der Waals surface area contributed by atoms with Crippen molar-refractivity contribution in [3.05, 3.63) is 57.1 Å². The van der Waals surface area contributed by atoms with Crippen molar-refractivity contribution in [3.8, 4) is 0 Å². The molecule has 0 bridgehead atoms. The second-order valence-electron chi connectivity index (χ2n) is 4.40. The summed E-state index contributed by atoms with van der Waals surface area (Å²) in [6.07, 6.45) is 0. The number of nitrogens with zero attached hydrogens (tertiary/aromatic N) is 1. The first-order chi connectivity index (χ1) is 9.22. The Morgan fingerprint density at radius 2 is 2.00 bits per heavy atom. The molecular weight excluding hydrogens is 367 g/mol. The first kappa shape index (κ1) is 12.9. The normalized spacial score (nSPS) is 12.5. The summed E-state index contributed by atoms with van der Waals surface area (Å²) in [6, 6.07) is 16.9. The predicted molar refractivity (Wildman–Crippen MR) is 90.8 cm³/mol. The molecule has 19 heavy (non-hydrogen) atoms. The zero-order valence-electron chi connectivity index (χ0n) is 10.4. The molecule has 0 aliphatic rings. The van der Waals surface area contributed by atoms with Gasteiger partial charge in [-0.15, -0.1) is 11.3 Å². The summed E-state index contributed by atoms with van der Waals surface area (Å²) in [5.41, 5.74) is 2.22. The minimum absolute atomic E-state index is 0.218. The first-order valence-electron chi connectivity index (χ1n) is 6.10. The van der Waals surface area contributed by atoms with E-state index in [1.165, 1.54) is 8.27 Å². The van der Waals surface area contributed by atoms with Crippen molar-refractivity contribution in [2.45, 2.75) is 13.0 Å². The molecule has 0 radical (unpaired) electrons. The summed E-state index contributed by atoms with van der Waals surface area (Å²) in [5.74, 6) is 0. The van der Waals surface area contributed by atoms with E-state index in [0.29, 0.717) is 0 Å². The highest BCUT2D eigenvalue weighted by atomic mass is 127. The molecule has 1 atom stereocenters. The van der Waals surface area contributed by atoms with E-state index < -0.39 is 0 Å². The van der Waals surface area contributed by atoms with Crippen molar-refractivity contribution in [2.24, 2.45) is 0 Å². The van der Waals surface area contributed by atoms with Crippen molar-refractivity contribution in [2.75, 3.05) is 5.32 Å². The van der Waals surface area contributed by atoms with Gasteiger partial charge in [0, 0.05) is 9.26 Å². The summed E-state index contributed by atoms with van der Waals surface area (Å²) in [5, 5.41) is 4.63. The fraction of sp³-hybridized carbons (Fsp3) is 0.133. The van der Waals surface area contributed by atoms with Crippen LogP contribution in [-0.2, 0) is 0 Å². The van der Waals surface area contributed by atoms with Crippen LogP contribution in [0.5, 0.6) is 0 Å². The highest BCUT2D eigenvalue weighted by Gasteiger charge is 2.11. The maximum absolute atomic E-state index is 4.69. The number of benzene rings is 2. The lowest BCUT2D eigenvalue weighted by Gasteiger charge is -2.12. The Kier molecular flexibility index (Phi) is 3.70. The number of hydrogen-bond acceptors (Lipinski definition) is 3.